The Morgan fingerprint density at radius 1 is 0.970 bits per heavy atom. The van der Waals surface area contributed by atoms with Gasteiger partial charge in [-0.15, -0.1) is 11.3 Å². The molecule has 0 N–H and O–H groups in total. The van der Waals surface area contributed by atoms with Crippen LogP contribution in [0.15, 0.2) is 66.9 Å². The molecule has 0 radical (unpaired) electrons. The fourth-order valence-electron chi connectivity index (χ4n) is 4.47. The summed E-state index contributed by atoms with van der Waals surface area (Å²) in [5.74, 6) is 1.58. The van der Waals surface area contributed by atoms with Gasteiger partial charge in [-0.05, 0) is 67.3 Å². The van der Waals surface area contributed by atoms with Crippen molar-refractivity contribution in [3.8, 4) is 27.8 Å². The summed E-state index contributed by atoms with van der Waals surface area (Å²) >= 11 is 1.71. The van der Waals surface area contributed by atoms with Gasteiger partial charge in [-0.2, -0.15) is 5.10 Å². The number of nitrogens with zero attached hydrogens (tertiary/aromatic N) is 3. The van der Waals surface area contributed by atoms with E-state index in [1.165, 1.54) is 27.3 Å². The van der Waals surface area contributed by atoms with Crippen LogP contribution in [0.2, 0.25) is 0 Å². The molecule has 33 heavy (non-hydrogen) atoms. The second-order valence-corrected chi connectivity index (χ2v) is 9.49. The molecule has 5 aromatic rings. The van der Waals surface area contributed by atoms with E-state index in [2.05, 4.69) is 29.1 Å². The molecule has 0 fully saturated rings. The summed E-state index contributed by atoms with van der Waals surface area (Å²) in [6, 6.07) is 20.0. The van der Waals surface area contributed by atoms with Crippen LogP contribution in [0.25, 0.3) is 22.2 Å². The minimum atomic E-state index is 0.423. The van der Waals surface area contributed by atoms with Crippen molar-refractivity contribution in [2.75, 3.05) is 0 Å². The molecule has 164 valence electrons. The van der Waals surface area contributed by atoms with Gasteiger partial charge < -0.3 is 9.47 Å². The van der Waals surface area contributed by atoms with Crippen LogP contribution in [0, 0.1) is 6.92 Å². The molecule has 0 aliphatic heterocycles. The number of thiophene rings is 1. The summed E-state index contributed by atoms with van der Waals surface area (Å²) < 4.78 is 14.3. The zero-order valence-electron chi connectivity index (χ0n) is 18.5. The van der Waals surface area contributed by atoms with Gasteiger partial charge in [0.05, 0.1) is 28.7 Å². The topological polar surface area (TPSA) is 49.2 Å². The normalized spacial score (nSPS) is 12.4. The van der Waals surface area contributed by atoms with Gasteiger partial charge in [-0.1, -0.05) is 24.3 Å². The lowest BCUT2D eigenvalue weighted by atomic mass is 9.92. The van der Waals surface area contributed by atoms with Crippen molar-refractivity contribution in [1.29, 1.82) is 0 Å². The minimum absolute atomic E-state index is 0.423. The van der Waals surface area contributed by atoms with Crippen molar-refractivity contribution in [3.05, 3.63) is 88.6 Å². The lowest BCUT2D eigenvalue weighted by molar-refractivity contribution is 0.301. The Kier molecular flexibility index (Phi) is 4.88. The van der Waals surface area contributed by atoms with Crippen LogP contribution in [0.1, 0.15) is 21.7 Å². The molecule has 3 aromatic heterocycles. The van der Waals surface area contributed by atoms with Crippen LogP contribution in [0.5, 0.6) is 16.6 Å². The predicted molar refractivity (Wildman–Crippen MR) is 131 cm³/mol. The highest BCUT2D eigenvalue weighted by atomic mass is 32.1. The third-order valence-corrected chi connectivity index (χ3v) is 7.17. The van der Waals surface area contributed by atoms with Gasteiger partial charge in [0.2, 0.25) is 0 Å². The van der Waals surface area contributed by atoms with E-state index in [9.17, 15) is 0 Å². The van der Waals surface area contributed by atoms with Crippen LogP contribution < -0.4 is 9.47 Å². The molecule has 1 aliphatic rings. The Hall–Kier alpha value is -3.64. The number of hydrogen-bond acceptors (Lipinski definition) is 5. The van der Waals surface area contributed by atoms with E-state index < -0.39 is 0 Å². The number of pyridine rings is 1. The summed E-state index contributed by atoms with van der Waals surface area (Å²) in [6.45, 7) is 2.60. The lowest BCUT2D eigenvalue weighted by Crippen LogP contribution is -2.05. The summed E-state index contributed by atoms with van der Waals surface area (Å²) in [7, 11) is 2.00. The van der Waals surface area contributed by atoms with E-state index in [0.29, 0.717) is 6.61 Å². The largest absolute Gasteiger partial charge is 0.487 e. The van der Waals surface area contributed by atoms with Gasteiger partial charge >= 0.3 is 0 Å². The number of aromatic nitrogens is 3. The third-order valence-electron chi connectivity index (χ3n) is 6.15. The van der Waals surface area contributed by atoms with Crippen LogP contribution in [-0.2, 0) is 26.5 Å². The second kappa shape index (κ2) is 8.05. The Balaban J connectivity index is 1.19. The maximum atomic E-state index is 6.35. The van der Waals surface area contributed by atoms with Gasteiger partial charge in [0, 0.05) is 17.3 Å². The molecule has 0 saturated carbocycles. The van der Waals surface area contributed by atoms with Crippen LogP contribution in [0.4, 0.5) is 0 Å². The molecule has 6 rings (SSSR count). The van der Waals surface area contributed by atoms with Crippen molar-refractivity contribution in [1.82, 2.24) is 14.8 Å². The number of aryl methyl sites for hydroxylation is 3. The summed E-state index contributed by atoms with van der Waals surface area (Å²) in [5.41, 5.74) is 6.93. The first-order valence-electron chi connectivity index (χ1n) is 11.0. The molecule has 0 unspecified atom stereocenters. The van der Waals surface area contributed by atoms with E-state index in [1.807, 2.05) is 66.5 Å². The summed E-state index contributed by atoms with van der Waals surface area (Å²) in [5, 5.41) is 6.54. The molecule has 2 aromatic carbocycles. The maximum absolute atomic E-state index is 6.35. The van der Waals surface area contributed by atoms with Gasteiger partial charge in [0.25, 0.3) is 0 Å². The highest BCUT2D eigenvalue weighted by molar-refractivity contribution is 7.14. The fourth-order valence-corrected chi connectivity index (χ4v) is 5.53. The van der Waals surface area contributed by atoms with E-state index in [-0.39, 0.29) is 0 Å². The fraction of sp³-hybridized carbons (Fsp3) is 0.185. The zero-order chi connectivity index (χ0) is 22.4. The SMILES string of the molecule is Cc1sc(Oc2ccc(OCc3ccc4ccccc4n3)cc2)c2c1CCc1cnn(C)c1-2. The van der Waals surface area contributed by atoms with Crippen molar-refractivity contribution in [2.24, 2.45) is 7.05 Å². The third kappa shape index (κ3) is 3.66. The van der Waals surface area contributed by atoms with Crippen LogP contribution in [0.3, 0.4) is 0 Å². The average molecular weight is 454 g/mol. The molecule has 6 heteroatoms. The van der Waals surface area contributed by atoms with Crippen molar-refractivity contribution < 1.29 is 9.47 Å². The molecule has 1 aliphatic carbocycles. The van der Waals surface area contributed by atoms with Crippen LogP contribution >= 0.6 is 11.3 Å². The van der Waals surface area contributed by atoms with Gasteiger partial charge in [-0.3, -0.25) is 4.68 Å². The van der Waals surface area contributed by atoms with Crippen molar-refractivity contribution in [3.63, 3.8) is 0 Å². The van der Waals surface area contributed by atoms with Crippen LogP contribution in [-0.4, -0.2) is 14.8 Å². The number of benzene rings is 2. The number of hydrogen-bond donors (Lipinski definition) is 0. The lowest BCUT2D eigenvalue weighted by Gasteiger charge is -2.16. The molecule has 0 bridgehead atoms. The quantitative estimate of drug-likeness (QED) is 0.306. The molecule has 0 atom stereocenters. The molecule has 3 heterocycles. The molecule has 5 nitrogen and oxygen atoms in total. The first-order chi connectivity index (χ1) is 16.2. The highest BCUT2D eigenvalue weighted by Gasteiger charge is 2.27. The molecule has 0 spiro atoms. The van der Waals surface area contributed by atoms with Crippen molar-refractivity contribution in [2.45, 2.75) is 26.4 Å². The smallest absolute Gasteiger partial charge is 0.190 e. The van der Waals surface area contributed by atoms with E-state index in [1.54, 1.807) is 11.3 Å². The Bertz CT molecular complexity index is 1470. The van der Waals surface area contributed by atoms with E-state index >= 15 is 0 Å². The number of rotatable bonds is 5. The Morgan fingerprint density at radius 3 is 2.67 bits per heavy atom. The highest BCUT2D eigenvalue weighted by Crippen LogP contribution is 2.48. The second-order valence-electron chi connectivity index (χ2n) is 8.30. The number of fused-ring (bicyclic) bond motifs is 4. The van der Waals surface area contributed by atoms with Crippen molar-refractivity contribution >= 4 is 22.2 Å². The monoisotopic (exact) mass is 453 g/mol. The Labute approximate surface area is 196 Å². The van der Waals surface area contributed by atoms with E-state index in [4.69, 9.17) is 9.47 Å². The first-order valence-corrected chi connectivity index (χ1v) is 11.9. The molecule has 0 saturated heterocycles. The zero-order valence-corrected chi connectivity index (χ0v) is 19.4. The van der Waals surface area contributed by atoms with Gasteiger partial charge in [0.1, 0.15) is 18.1 Å². The molecular formula is C27H23N3O2S. The standard InChI is InChI=1S/C27H23N3O2S/c1-17-23-14-8-19-15-28-30(2)26(19)25(23)27(33-17)32-22-12-10-21(11-13-22)31-16-20-9-7-18-5-3-4-6-24(18)29-20/h3-7,9-13,15H,8,14,16H2,1-2H3. The minimum Gasteiger partial charge on any atom is -0.487 e. The molecular weight excluding hydrogens is 430 g/mol. The summed E-state index contributed by atoms with van der Waals surface area (Å²) in [6.07, 6.45) is 4.05. The average Bonchev–Trinajstić information content (AvgIpc) is 3.37. The van der Waals surface area contributed by atoms with Gasteiger partial charge in [0.15, 0.2) is 5.06 Å². The Morgan fingerprint density at radius 2 is 1.79 bits per heavy atom. The summed E-state index contributed by atoms with van der Waals surface area (Å²) in [4.78, 5) is 5.99. The maximum Gasteiger partial charge on any atom is 0.190 e. The van der Waals surface area contributed by atoms with E-state index in [0.717, 1.165) is 46.0 Å². The molecule has 0 amide bonds. The number of para-hydroxylation sites is 1. The van der Waals surface area contributed by atoms with Gasteiger partial charge in [-0.25, -0.2) is 4.98 Å². The first kappa shape index (κ1) is 20.0. The number of ether oxygens (including phenoxy) is 2. The predicted octanol–water partition coefficient (Wildman–Crippen LogP) is 6.48.